The van der Waals surface area contributed by atoms with Crippen LogP contribution in [0.3, 0.4) is 0 Å². The first-order valence-corrected chi connectivity index (χ1v) is 4.97. The van der Waals surface area contributed by atoms with E-state index in [4.69, 9.17) is 0 Å². The van der Waals surface area contributed by atoms with Gasteiger partial charge in [-0.1, -0.05) is 18.9 Å². The zero-order chi connectivity index (χ0) is 9.10. The molecule has 2 rings (SSSR count). The van der Waals surface area contributed by atoms with Crippen molar-refractivity contribution in [1.29, 1.82) is 0 Å². The summed E-state index contributed by atoms with van der Waals surface area (Å²) in [5.74, 6) is 0.273. The average molecular weight is 177 g/mol. The van der Waals surface area contributed by atoms with E-state index in [0.29, 0.717) is 0 Å². The molecule has 1 heterocycles. The van der Waals surface area contributed by atoms with E-state index in [0.717, 1.165) is 25.0 Å². The number of nitrogens with zero attached hydrogens (tertiary/aromatic N) is 1. The maximum Gasteiger partial charge on any atom is 0.0623 e. The molecule has 13 heavy (non-hydrogen) atoms. The van der Waals surface area contributed by atoms with Crippen LogP contribution in [0.4, 0.5) is 0 Å². The number of hydrogen-bond donors (Lipinski definition) is 1. The van der Waals surface area contributed by atoms with Gasteiger partial charge in [-0.05, 0) is 25.0 Å². The van der Waals surface area contributed by atoms with E-state index in [1.165, 1.54) is 6.42 Å². The summed E-state index contributed by atoms with van der Waals surface area (Å²) in [6.45, 7) is 0. The maximum atomic E-state index is 9.78. The van der Waals surface area contributed by atoms with Crippen molar-refractivity contribution in [1.82, 2.24) is 4.98 Å². The van der Waals surface area contributed by atoms with Crippen LogP contribution in [-0.4, -0.2) is 16.2 Å². The molecule has 1 aromatic rings. The lowest BCUT2D eigenvalue weighted by atomic mass is 9.84. The van der Waals surface area contributed by atoms with Crippen molar-refractivity contribution in [3.8, 4) is 0 Å². The summed E-state index contributed by atoms with van der Waals surface area (Å²) in [6.07, 6.45) is 6.02. The van der Waals surface area contributed by atoms with E-state index in [-0.39, 0.29) is 12.0 Å². The van der Waals surface area contributed by atoms with Crippen LogP contribution in [-0.2, 0) is 0 Å². The largest absolute Gasteiger partial charge is 0.392 e. The first-order valence-electron chi connectivity index (χ1n) is 4.97. The predicted molar refractivity (Wildman–Crippen MR) is 51.5 cm³/mol. The molecule has 2 heteroatoms. The Morgan fingerprint density at radius 2 is 2.08 bits per heavy atom. The minimum absolute atomic E-state index is 0.177. The van der Waals surface area contributed by atoms with E-state index >= 15 is 0 Å². The lowest BCUT2D eigenvalue weighted by Crippen LogP contribution is -2.23. The smallest absolute Gasteiger partial charge is 0.0623 e. The van der Waals surface area contributed by atoms with Gasteiger partial charge in [0.15, 0.2) is 0 Å². The molecule has 0 bridgehead atoms. The van der Waals surface area contributed by atoms with Crippen LogP contribution < -0.4 is 0 Å². The number of rotatable bonds is 1. The lowest BCUT2D eigenvalue weighted by Gasteiger charge is -2.26. The second-order valence-corrected chi connectivity index (χ2v) is 3.71. The van der Waals surface area contributed by atoms with Crippen LogP contribution in [0, 0.1) is 0 Å². The van der Waals surface area contributed by atoms with Crippen LogP contribution in [0.5, 0.6) is 0 Å². The molecule has 1 aromatic heterocycles. The summed E-state index contributed by atoms with van der Waals surface area (Å²) < 4.78 is 0. The first kappa shape index (κ1) is 8.70. The van der Waals surface area contributed by atoms with Crippen LogP contribution in [0.1, 0.15) is 37.3 Å². The van der Waals surface area contributed by atoms with Crippen molar-refractivity contribution in [2.24, 2.45) is 0 Å². The predicted octanol–water partition coefficient (Wildman–Crippen LogP) is 2.10. The molecule has 1 fully saturated rings. The van der Waals surface area contributed by atoms with Crippen LogP contribution >= 0.6 is 0 Å². The molecule has 0 spiro atoms. The molecular weight excluding hydrogens is 162 g/mol. The Morgan fingerprint density at radius 3 is 2.77 bits per heavy atom. The molecule has 2 atom stereocenters. The van der Waals surface area contributed by atoms with Gasteiger partial charge in [-0.2, -0.15) is 0 Å². The molecular formula is C11H15NO. The maximum absolute atomic E-state index is 9.78. The molecule has 0 unspecified atom stereocenters. The Hall–Kier alpha value is -0.890. The van der Waals surface area contributed by atoms with E-state index in [1.807, 2.05) is 18.2 Å². The monoisotopic (exact) mass is 177 g/mol. The fraction of sp³-hybridized carbons (Fsp3) is 0.545. The highest BCUT2D eigenvalue weighted by atomic mass is 16.3. The normalized spacial score (nSPS) is 28.7. The minimum atomic E-state index is -0.177. The fourth-order valence-electron chi connectivity index (χ4n) is 2.05. The van der Waals surface area contributed by atoms with Gasteiger partial charge in [0.05, 0.1) is 6.10 Å². The third kappa shape index (κ3) is 1.89. The summed E-state index contributed by atoms with van der Waals surface area (Å²) in [5.41, 5.74) is 1.05. The zero-order valence-corrected chi connectivity index (χ0v) is 7.69. The Kier molecular flexibility index (Phi) is 2.60. The fourth-order valence-corrected chi connectivity index (χ4v) is 2.05. The zero-order valence-electron chi connectivity index (χ0n) is 7.69. The van der Waals surface area contributed by atoms with Gasteiger partial charge < -0.3 is 5.11 Å². The molecule has 1 saturated carbocycles. The first-order chi connectivity index (χ1) is 6.38. The number of aliphatic hydroxyl groups excluding tert-OH is 1. The van der Waals surface area contributed by atoms with Crippen molar-refractivity contribution in [2.75, 3.05) is 0 Å². The van der Waals surface area contributed by atoms with Crippen molar-refractivity contribution < 1.29 is 5.11 Å². The average Bonchev–Trinajstić information content (AvgIpc) is 2.20. The van der Waals surface area contributed by atoms with Crippen molar-refractivity contribution in [3.63, 3.8) is 0 Å². The number of aromatic nitrogens is 1. The van der Waals surface area contributed by atoms with Crippen molar-refractivity contribution in [2.45, 2.75) is 37.7 Å². The van der Waals surface area contributed by atoms with Crippen molar-refractivity contribution >= 4 is 0 Å². The summed E-state index contributed by atoms with van der Waals surface area (Å²) in [6, 6.07) is 5.92. The third-order valence-electron chi connectivity index (χ3n) is 2.80. The Balaban J connectivity index is 2.15. The standard InChI is InChI=1S/C11H15NO/c13-11-7-2-1-5-9(11)10-6-3-4-8-12-10/h3-4,6,8-9,11,13H,1-2,5,7H2/t9-,11+/m1/s1. The molecule has 0 aromatic carbocycles. The highest BCUT2D eigenvalue weighted by Crippen LogP contribution is 2.31. The molecule has 1 aliphatic rings. The van der Waals surface area contributed by atoms with E-state index in [2.05, 4.69) is 4.98 Å². The van der Waals surface area contributed by atoms with Gasteiger partial charge >= 0.3 is 0 Å². The van der Waals surface area contributed by atoms with Gasteiger partial charge in [0.25, 0.3) is 0 Å². The van der Waals surface area contributed by atoms with E-state index in [9.17, 15) is 5.11 Å². The Labute approximate surface area is 78.6 Å². The van der Waals surface area contributed by atoms with Gasteiger partial charge in [0.2, 0.25) is 0 Å². The van der Waals surface area contributed by atoms with Gasteiger partial charge in [0, 0.05) is 17.8 Å². The van der Waals surface area contributed by atoms with E-state index < -0.39 is 0 Å². The summed E-state index contributed by atoms with van der Waals surface area (Å²) in [4.78, 5) is 4.29. The SMILES string of the molecule is O[C@H]1CCCC[C@@H]1c1ccccn1. The Bertz CT molecular complexity index is 260. The highest BCUT2D eigenvalue weighted by molar-refractivity contribution is 5.11. The molecule has 0 amide bonds. The Morgan fingerprint density at radius 1 is 1.23 bits per heavy atom. The summed E-state index contributed by atoms with van der Waals surface area (Å²) in [5, 5.41) is 9.78. The van der Waals surface area contributed by atoms with Gasteiger partial charge in [-0.25, -0.2) is 0 Å². The number of aliphatic hydroxyl groups is 1. The summed E-state index contributed by atoms with van der Waals surface area (Å²) >= 11 is 0. The van der Waals surface area contributed by atoms with Crippen LogP contribution in [0.15, 0.2) is 24.4 Å². The van der Waals surface area contributed by atoms with Crippen LogP contribution in [0.2, 0.25) is 0 Å². The number of pyridine rings is 1. The van der Waals surface area contributed by atoms with Crippen molar-refractivity contribution in [3.05, 3.63) is 30.1 Å². The molecule has 70 valence electrons. The van der Waals surface area contributed by atoms with Gasteiger partial charge in [-0.3, -0.25) is 4.98 Å². The second-order valence-electron chi connectivity index (χ2n) is 3.71. The third-order valence-corrected chi connectivity index (χ3v) is 2.80. The van der Waals surface area contributed by atoms with Crippen LogP contribution in [0.25, 0.3) is 0 Å². The highest BCUT2D eigenvalue weighted by Gasteiger charge is 2.24. The molecule has 1 aliphatic carbocycles. The van der Waals surface area contributed by atoms with Gasteiger partial charge in [0.1, 0.15) is 0 Å². The number of hydrogen-bond acceptors (Lipinski definition) is 2. The van der Waals surface area contributed by atoms with E-state index in [1.54, 1.807) is 6.20 Å². The minimum Gasteiger partial charge on any atom is -0.392 e. The lowest BCUT2D eigenvalue weighted by molar-refractivity contribution is 0.104. The second kappa shape index (κ2) is 3.88. The quantitative estimate of drug-likeness (QED) is 0.712. The molecule has 0 aliphatic heterocycles. The molecule has 0 saturated heterocycles. The molecule has 0 radical (unpaired) electrons. The van der Waals surface area contributed by atoms with Gasteiger partial charge in [-0.15, -0.1) is 0 Å². The summed E-state index contributed by atoms with van der Waals surface area (Å²) in [7, 11) is 0. The topological polar surface area (TPSA) is 33.1 Å². The molecule has 2 nitrogen and oxygen atoms in total. The molecule has 1 N–H and O–H groups in total.